The van der Waals surface area contributed by atoms with Crippen molar-refractivity contribution in [3.8, 4) is 5.75 Å². The Bertz CT molecular complexity index is 1460. The number of carbonyl (C=O) groups excluding carboxylic acids is 3. The zero-order valence-electron chi connectivity index (χ0n) is 32.6. The maximum Gasteiger partial charge on any atom is 0.274 e. The first-order valence-corrected chi connectivity index (χ1v) is 18.9. The Labute approximate surface area is 330 Å². The predicted octanol–water partition coefficient (Wildman–Crippen LogP) is 2.80. The molecule has 54 heavy (non-hydrogen) atoms. The molecule has 1 atom stereocenters. The van der Waals surface area contributed by atoms with Crippen LogP contribution in [0.1, 0.15) is 42.2 Å². The molecule has 0 radical (unpaired) electrons. The minimum atomic E-state index is -0.396. The van der Waals surface area contributed by atoms with Crippen LogP contribution in [-0.4, -0.2) is 142 Å². The summed E-state index contributed by atoms with van der Waals surface area (Å²) in [6.45, 7) is 10.9. The number of hydrogen-bond donors (Lipinski definition) is 5. The molecule has 15 nitrogen and oxygen atoms in total. The van der Waals surface area contributed by atoms with Crippen LogP contribution in [-0.2, 0) is 20.7 Å². The Kier molecular flexibility index (Phi) is 24.3. The highest BCUT2D eigenvalue weighted by molar-refractivity contribution is 6.31. The van der Waals surface area contributed by atoms with E-state index in [0.29, 0.717) is 24.6 Å². The lowest BCUT2D eigenvalue weighted by Crippen LogP contribution is -2.48. The summed E-state index contributed by atoms with van der Waals surface area (Å²) in [7, 11) is 7.84. The number of nitrogen functional groups attached to an aromatic ring is 2. The molecule has 7 N–H and O–H groups in total. The van der Waals surface area contributed by atoms with E-state index < -0.39 is 5.91 Å². The number of likely N-dealkylation sites (N-methyl/N-ethyl adjacent to an activating group) is 2. The van der Waals surface area contributed by atoms with Crippen molar-refractivity contribution in [1.29, 1.82) is 0 Å². The molecule has 1 aliphatic rings. The number of aromatic nitrogens is 2. The molecule has 2 heterocycles. The number of nitrogens with one attached hydrogen (secondary N) is 3. The maximum atomic E-state index is 12.6. The highest BCUT2D eigenvalue weighted by Gasteiger charge is 2.24. The number of benzene rings is 1. The number of rotatable bonds is 19. The van der Waals surface area contributed by atoms with Gasteiger partial charge in [0, 0.05) is 45.1 Å². The standard InChI is InChI=1S/C25H37ClN8O3.C11H20N2O2.CH3Cl/c1-33(2)14-11-29-20(35)16-37-19-9-7-17(8-10-19)5-3-12-34-13-4-6-18(15-34)30-25(36)21-23(27)32-24(28)22(26)31-21;1-5-6-10(2)15-9-11(14)12-7-8-13(3)4;1-2/h7-10,18H,3-6,11-16H2,1-2H3,(H,29,35)(H,30,36)(H4,27,28,32);5-6H,1,7-9H2,2-4H3,(H,12,14);1H3/b;10-6+;. The van der Waals surface area contributed by atoms with Gasteiger partial charge < -0.3 is 51.6 Å². The summed E-state index contributed by atoms with van der Waals surface area (Å²) >= 11 is 10.5. The first-order valence-electron chi connectivity index (χ1n) is 17.7. The number of aryl methyl sites for hydroxylation is 1. The van der Waals surface area contributed by atoms with Crippen molar-refractivity contribution in [2.45, 2.75) is 38.6 Å². The first kappa shape index (κ1) is 47.9. The molecule has 1 saturated heterocycles. The normalized spacial score (nSPS) is 14.2. The lowest BCUT2D eigenvalue weighted by atomic mass is 10.0. The second-order valence-corrected chi connectivity index (χ2v) is 13.2. The third-order valence-electron chi connectivity index (χ3n) is 7.74. The van der Waals surface area contributed by atoms with Crippen molar-refractivity contribution in [3.05, 3.63) is 65.2 Å². The van der Waals surface area contributed by atoms with Crippen LogP contribution in [0.15, 0.2) is 48.8 Å². The van der Waals surface area contributed by atoms with Gasteiger partial charge >= 0.3 is 0 Å². The van der Waals surface area contributed by atoms with E-state index in [1.165, 1.54) is 11.9 Å². The fourth-order valence-electron chi connectivity index (χ4n) is 4.98. The van der Waals surface area contributed by atoms with Crippen LogP contribution >= 0.6 is 23.2 Å². The van der Waals surface area contributed by atoms with E-state index in [2.05, 4.69) is 49.0 Å². The van der Waals surface area contributed by atoms with E-state index in [4.69, 9.17) is 32.5 Å². The Morgan fingerprint density at radius 1 is 0.981 bits per heavy atom. The highest BCUT2D eigenvalue weighted by Crippen LogP contribution is 2.19. The number of halogens is 2. The van der Waals surface area contributed by atoms with Gasteiger partial charge in [0.05, 0.1) is 5.76 Å². The minimum absolute atomic E-state index is 0.000263. The van der Waals surface area contributed by atoms with Gasteiger partial charge in [-0.2, -0.15) is 0 Å². The number of piperidine rings is 1. The quantitative estimate of drug-likeness (QED) is 0.0795. The third kappa shape index (κ3) is 20.9. The van der Waals surface area contributed by atoms with Crippen LogP contribution in [0.5, 0.6) is 5.75 Å². The number of ether oxygens (including phenoxy) is 2. The van der Waals surface area contributed by atoms with Crippen molar-refractivity contribution >= 4 is 52.6 Å². The van der Waals surface area contributed by atoms with Crippen LogP contribution in [0.3, 0.4) is 0 Å². The van der Waals surface area contributed by atoms with Gasteiger partial charge in [0.2, 0.25) is 0 Å². The van der Waals surface area contributed by atoms with E-state index >= 15 is 0 Å². The molecule has 0 spiro atoms. The number of nitrogens with zero attached hydrogens (tertiary/aromatic N) is 5. The molecule has 1 aromatic heterocycles. The number of anilines is 2. The molecule has 302 valence electrons. The van der Waals surface area contributed by atoms with Gasteiger partial charge in [0.25, 0.3) is 17.7 Å². The number of hydrogen-bond acceptors (Lipinski definition) is 12. The maximum absolute atomic E-state index is 12.6. The number of carbonyl (C=O) groups is 3. The summed E-state index contributed by atoms with van der Waals surface area (Å²) < 4.78 is 10.7. The number of alkyl halides is 1. The van der Waals surface area contributed by atoms with Crippen LogP contribution in [0.2, 0.25) is 5.15 Å². The average Bonchev–Trinajstić information content (AvgIpc) is 3.13. The van der Waals surface area contributed by atoms with Crippen LogP contribution in [0.4, 0.5) is 11.6 Å². The topological polar surface area (TPSA) is 193 Å². The molecule has 1 aromatic carbocycles. The lowest BCUT2D eigenvalue weighted by molar-refractivity contribution is -0.124. The van der Waals surface area contributed by atoms with E-state index in [0.717, 1.165) is 58.4 Å². The zero-order valence-corrected chi connectivity index (χ0v) is 34.1. The van der Waals surface area contributed by atoms with Gasteiger partial charge in [-0.05, 0) is 97.7 Å². The summed E-state index contributed by atoms with van der Waals surface area (Å²) in [5.74, 6) is 0.699. The third-order valence-corrected chi connectivity index (χ3v) is 8.02. The number of allylic oxidation sites excluding steroid dienone is 3. The van der Waals surface area contributed by atoms with Gasteiger partial charge in [0.1, 0.15) is 5.75 Å². The van der Waals surface area contributed by atoms with E-state index in [-0.39, 0.29) is 53.6 Å². The summed E-state index contributed by atoms with van der Waals surface area (Å²) in [4.78, 5) is 49.9. The molecule has 0 saturated carbocycles. The molecular formula is C37H60Cl2N10O5. The fraction of sp³-hybridized carbons (Fsp3) is 0.541. The lowest BCUT2D eigenvalue weighted by Gasteiger charge is -2.33. The number of amides is 3. The molecule has 17 heteroatoms. The molecule has 3 rings (SSSR count). The average molecular weight is 796 g/mol. The minimum Gasteiger partial charge on any atom is -0.488 e. The van der Waals surface area contributed by atoms with Crippen molar-refractivity contribution in [1.82, 2.24) is 40.6 Å². The SMILES string of the molecule is C=C/C=C(\C)OCC(=O)NCCN(C)C.CCl.CN(C)CCNC(=O)COc1ccc(CCCN2CCCC(NC(=O)c3nc(Cl)c(N)nc3N)C2)cc1. The van der Waals surface area contributed by atoms with Crippen molar-refractivity contribution in [2.24, 2.45) is 0 Å². The van der Waals surface area contributed by atoms with E-state index in [9.17, 15) is 14.4 Å². The second kappa shape index (κ2) is 27.4. The van der Waals surface area contributed by atoms with Crippen molar-refractivity contribution in [2.75, 3.05) is 105 Å². The van der Waals surface area contributed by atoms with E-state index in [1.54, 1.807) is 19.1 Å². The Hall–Kier alpha value is -4.15. The largest absolute Gasteiger partial charge is 0.488 e. The van der Waals surface area contributed by atoms with Gasteiger partial charge in [0.15, 0.2) is 35.7 Å². The number of nitrogens with two attached hydrogens (primary N) is 2. The molecule has 1 unspecified atom stereocenters. The summed E-state index contributed by atoms with van der Waals surface area (Å²) in [5.41, 5.74) is 12.6. The fourth-order valence-corrected chi connectivity index (χ4v) is 5.11. The monoisotopic (exact) mass is 794 g/mol. The van der Waals surface area contributed by atoms with Gasteiger partial charge in [-0.15, -0.1) is 11.6 Å². The van der Waals surface area contributed by atoms with Crippen LogP contribution in [0, 0.1) is 0 Å². The van der Waals surface area contributed by atoms with Crippen LogP contribution < -0.4 is 32.2 Å². The van der Waals surface area contributed by atoms with Crippen LogP contribution in [0.25, 0.3) is 0 Å². The smallest absolute Gasteiger partial charge is 0.274 e. The Balaban J connectivity index is 0.000000722. The van der Waals surface area contributed by atoms with Gasteiger partial charge in [-0.25, -0.2) is 9.97 Å². The molecule has 2 aromatic rings. The van der Waals surface area contributed by atoms with Gasteiger partial charge in [-0.1, -0.05) is 36.4 Å². The van der Waals surface area contributed by atoms with Crippen molar-refractivity contribution in [3.63, 3.8) is 0 Å². The Morgan fingerprint density at radius 2 is 1.59 bits per heavy atom. The summed E-state index contributed by atoms with van der Waals surface area (Å²) in [6, 6.07) is 7.85. The van der Waals surface area contributed by atoms with E-state index in [1.807, 2.05) is 62.3 Å². The number of likely N-dealkylation sites (tertiary alicyclic amines) is 1. The molecule has 1 fully saturated rings. The molecular weight excluding hydrogens is 735 g/mol. The first-order chi connectivity index (χ1) is 25.8. The highest BCUT2D eigenvalue weighted by atomic mass is 35.5. The predicted molar refractivity (Wildman–Crippen MR) is 218 cm³/mol. The van der Waals surface area contributed by atoms with Crippen molar-refractivity contribution < 1.29 is 23.9 Å². The molecule has 0 aliphatic carbocycles. The van der Waals surface area contributed by atoms with Gasteiger partial charge in [-0.3, -0.25) is 14.4 Å². The zero-order chi connectivity index (χ0) is 40.5. The Morgan fingerprint density at radius 3 is 2.19 bits per heavy atom. The molecule has 1 aliphatic heterocycles. The second-order valence-electron chi connectivity index (χ2n) is 12.9. The summed E-state index contributed by atoms with van der Waals surface area (Å²) in [5, 5.41) is 8.54. The molecule has 0 bridgehead atoms. The molecule has 3 amide bonds. The summed E-state index contributed by atoms with van der Waals surface area (Å²) in [6.07, 6.45) is 8.60.